The van der Waals surface area contributed by atoms with Crippen LogP contribution in [0.15, 0.2) is 54.6 Å². The normalized spacial score (nSPS) is 17.2. The highest BCUT2D eigenvalue weighted by molar-refractivity contribution is 5.86. The average Bonchev–Trinajstić information content (AvgIpc) is 2.55. The van der Waals surface area contributed by atoms with E-state index in [-0.39, 0.29) is 5.92 Å². The molecule has 3 rings (SSSR count). The van der Waals surface area contributed by atoms with Gasteiger partial charge in [0, 0.05) is 12.3 Å². The van der Waals surface area contributed by atoms with Gasteiger partial charge in [-0.15, -0.1) is 0 Å². The van der Waals surface area contributed by atoms with Gasteiger partial charge in [0.1, 0.15) is 5.78 Å². The van der Waals surface area contributed by atoms with E-state index >= 15 is 0 Å². The number of aryl methyl sites for hydroxylation is 2. The van der Waals surface area contributed by atoms with Crippen molar-refractivity contribution >= 4 is 5.78 Å². The molecule has 2 aromatic carbocycles. The number of benzene rings is 2. The molecule has 0 radical (unpaired) electrons. The number of hydrogen-bond acceptors (Lipinski definition) is 1. The summed E-state index contributed by atoms with van der Waals surface area (Å²) in [7, 11) is 0. The van der Waals surface area contributed by atoms with Crippen LogP contribution in [0.25, 0.3) is 0 Å². The lowest BCUT2D eigenvalue weighted by atomic mass is 9.79. The van der Waals surface area contributed by atoms with Gasteiger partial charge in [-0.25, -0.2) is 0 Å². The highest BCUT2D eigenvalue weighted by Crippen LogP contribution is 2.33. The average molecular weight is 278 g/mol. The van der Waals surface area contributed by atoms with Crippen LogP contribution in [0.1, 0.15) is 48.3 Å². The molecular weight excluding hydrogens is 256 g/mol. The standard InChI is InChI=1S/C20H22O/c21-20(15-6-10-16-8-2-1-3-9-16)19-14-7-12-17-11-4-5-13-18(17)19/h1-5,8-9,11,13,19H,6-7,10,12,14-15H2. The summed E-state index contributed by atoms with van der Waals surface area (Å²) in [5.41, 5.74) is 3.99. The SMILES string of the molecule is O=C(CCCc1ccccc1)C1CCCc2ccccc21. The van der Waals surface area contributed by atoms with Crippen LogP contribution < -0.4 is 0 Å². The predicted octanol–water partition coefficient (Wildman–Crippen LogP) is 4.70. The Hall–Kier alpha value is -1.89. The molecule has 1 nitrogen and oxygen atoms in total. The highest BCUT2D eigenvalue weighted by atomic mass is 16.1. The smallest absolute Gasteiger partial charge is 0.140 e. The molecule has 0 bridgehead atoms. The van der Waals surface area contributed by atoms with Crippen LogP contribution in [-0.2, 0) is 17.6 Å². The van der Waals surface area contributed by atoms with Gasteiger partial charge in [-0.1, -0.05) is 54.6 Å². The molecule has 1 aliphatic rings. The van der Waals surface area contributed by atoms with Crippen molar-refractivity contribution in [1.29, 1.82) is 0 Å². The predicted molar refractivity (Wildman–Crippen MR) is 86.5 cm³/mol. The number of carbonyl (C=O) groups is 1. The Balaban J connectivity index is 1.59. The maximum absolute atomic E-state index is 12.6. The third kappa shape index (κ3) is 3.41. The Labute approximate surface area is 127 Å². The van der Waals surface area contributed by atoms with E-state index in [1.54, 1.807) is 0 Å². The Kier molecular flexibility index (Phi) is 4.49. The molecule has 0 heterocycles. The maximum atomic E-state index is 12.6. The molecular formula is C20H22O. The van der Waals surface area contributed by atoms with E-state index in [0.29, 0.717) is 12.2 Å². The molecule has 1 atom stereocenters. The van der Waals surface area contributed by atoms with Crippen LogP contribution in [0.5, 0.6) is 0 Å². The van der Waals surface area contributed by atoms with E-state index in [0.717, 1.165) is 32.1 Å². The summed E-state index contributed by atoms with van der Waals surface area (Å²) in [6, 6.07) is 18.9. The third-order valence-corrected chi connectivity index (χ3v) is 4.49. The molecule has 21 heavy (non-hydrogen) atoms. The Bertz CT molecular complexity index is 600. The summed E-state index contributed by atoms with van der Waals surface area (Å²) in [5, 5.41) is 0. The number of rotatable bonds is 5. The fourth-order valence-corrected chi connectivity index (χ4v) is 3.37. The Morgan fingerprint density at radius 1 is 1.00 bits per heavy atom. The summed E-state index contributed by atoms with van der Waals surface area (Å²) in [4.78, 5) is 12.6. The van der Waals surface area contributed by atoms with E-state index in [2.05, 4.69) is 48.5 Å². The summed E-state index contributed by atoms with van der Waals surface area (Å²) in [6.45, 7) is 0. The molecule has 0 saturated carbocycles. The number of Topliss-reactive ketones (excluding diaryl/α,β-unsaturated/α-hetero) is 1. The lowest BCUT2D eigenvalue weighted by Crippen LogP contribution is -2.18. The molecule has 0 amide bonds. The van der Waals surface area contributed by atoms with Gasteiger partial charge in [-0.3, -0.25) is 4.79 Å². The fourth-order valence-electron chi connectivity index (χ4n) is 3.37. The quantitative estimate of drug-likeness (QED) is 0.775. The molecule has 108 valence electrons. The van der Waals surface area contributed by atoms with Crippen LogP contribution >= 0.6 is 0 Å². The van der Waals surface area contributed by atoms with Crippen molar-refractivity contribution in [2.24, 2.45) is 0 Å². The Morgan fingerprint density at radius 2 is 1.76 bits per heavy atom. The molecule has 0 saturated heterocycles. The van der Waals surface area contributed by atoms with Crippen molar-refractivity contribution in [3.8, 4) is 0 Å². The van der Waals surface area contributed by atoms with E-state index in [4.69, 9.17) is 0 Å². The molecule has 0 spiro atoms. The van der Waals surface area contributed by atoms with Crippen molar-refractivity contribution in [3.63, 3.8) is 0 Å². The lowest BCUT2D eigenvalue weighted by molar-refractivity contribution is -0.120. The third-order valence-electron chi connectivity index (χ3n) is 4.49. The zero-order chi connectivity index (χ0) is 14.5. The van der Waals surface area contributed by atoms with E-state index < -0.39 is 0 Å². The molecule has 1 aliphatic carbocycles. The summed E-state index contributed by atoms with van der Waals surface area (Å²) in [6.07, 6.45) is 5.97. The zero-order valence-electron chi connectivity index (χ0n) is 12.4. The minimum Gasteiger partial charge on any atom is -0.299 e. The molecule has 0 aliphatic heterocycles. The first-order valence-corrected chi connectivity index (χ1v) is 7.99. The second-order valence-electron chi connectivity index (χ2n) is 5.95. The minimum absolute atomic E-state index is 0.144. The monoisotopic (exact) mass is 278 g/mol. The number of carbonyl (C=O) groups excluding carboxylic acids is 1. The largest absolute Gasteiger partial charge is 0.299 e. The first kappa shape index (κ1) is 14.1. The number of ketones is 1. The van der Waals surface area contributed by atoms with Gasteiger partial charge in [0.25, 0.3) is 0 Å². The van der Waals surface area contributed by atoms with Gasteiger partial charge in [-0.2, -0.15) is 0 Å². The molecule has 0 aromatic heterocycles. The van der Waals surface area contributed by atoms with Crippen molar-refractivity contribution in [2.75, 3.05) is 0 Å². The van der Waals surface area contributed by atoms with Crippen LogP contribution in [0.2, 0.25) is 0 Å². The van der Waals surface area contributed by atoms with Crippen molar-refractivity contribution < 1.29 is 4.79 Å². The summed E-state index contributed by atoms with van der Waals surface area (Å²) < 4.78 is 0. The van der Waals surface area contributed by atoms with E-state index in [9.17, 15) is 4.79 Å². The van der Waals surface area contributed by atoms with Gasteiger partial charge in [-0.05, 0) is 48.8 Å². The van der Waals surface area contributed by atoms with E-state index in [1.165, 1.54) is 16.7 Å². The number of hydrogen-bond donors (Lipinski definition) is 0. The van der Waals surface area contributed by atoms with Gasteiger partial charge in [0.05, 0.1) is 0 Å². The van der Waals surface area contributed by atoms with Gasteiger partial charge < -0.3 is 0 Å². The fraction of sp³-hybridized carbons (Fsp3) is 0.350. The summed E-state index contributed by atoms with van der Waals surface area (Å²) in [5.74, 6) is 0.573. The number of fused-ring (bicyclic) bond motifs is 1. The second-order valence-corrected chi connectivity index (χ2v) is 5.95. The first-order chi connectivity index (χ1) is 10.3. The topological polar surface area (TPSA) is 17.1 Å². The highest BCUT2D eigenvalue weighted by Gasteiger charge is 2.25. The lowest BCUT2D eigenvalue weighted by Gasteiger charge is -2.24. The van der Waals surface area contributed by atoms with Gasteiger partial charge in [0.15, 0.2) is 0 Å². The Morgan fingerprint density at radius 3 is 2.62 bits per heavy atom. The van der Waals surface area contributed by atoms with Crippen molar-refractivity contribution in [3.05, 3.63) is 71.3 Å². The molecule has 0 fully saturated rings. The summed E-state index contributed by atoms with van der Waals surface area (Å²) >= 11 is 0. The maximum Gasteiger partial charge on any atom is 0.140 e. The van der Waals surface area contributed by atoms with Crippen molar-refractivity contribution in [1.82, 2.24) is 0 Å². The molecule has 1 heteroatoms. The second kappa shape index (κ2) is 6.71. The zero-order valence-corrected chi connectivity index (χ0v) is 12.4. The first-order valence-electron chi connectivity index (χ1n) is 7.99. The van der Waals surface area contributed by atoms with Gasteiger partial charge >= 0.3 is 0 Å². The van der Waals surface area contributed by atoms with Gasteiger partial charge in [0.2, 0.25) is 0 Å². The van der Waals surface area contributed by atoms with Crippen LogP contribution in [0.3, 0.4) is 0 Å². The molecule has 2 aromatic rings. The minimum atomic E-state index is 0.144. The molecule has 0 N–H and O–H groups in total. The van der Waals surface area contributed by atoms with Crippen LogP contribution in [0.4, 0.5) is 0 Å². The van der Waals surface area contributed by atoms with Crippen LogP contribution in [-0.4, -0.2) is 5.78 Å². The molecule has 1 unspecified atom stereocenters. The van der Waals surface area contributed by atoms with Crippen LogP contribution in [0, 0.1) is 0 Å². The van der Waals surface area contributed by atoms with E-state index in [1.807, 2.05) is 6.07 Å². The van der Waals surface area contributed by atoms with Crippen molar-refractivity contribution in [2.45, 2.75) is 44.4 Å².